The van der Waals surface area contributed by atoms with Crippen molar-refractivity contribution in [1.82, 2.24) is 15.2 Å². The van der Waals surface area contributed by atoms with Crippen molar-refractivity contribution in [2.75, 3.05) is 56.0 Å². The maximum Gasteiger partial charge on any atom is 0.252 e. The van der Waals surface area contributed by atoms with Gasteiger partial charge in [-0.15, -0.1) is 11.8 Å². The number of ether oxygens (including phenoxy) is 2. The van der Waals surface area contributed by atoms with Gasteiger partial charge in [0, 0.05) is 62.2 Å². The second-order valence-corrected chi connectivity index (χ2v) is 9.82. The molecule has 34 heavy (non-hydrogen) atoms. The number of carbonyl (C=O) groups excluding carboxylic acids is 2. The maximum atomic E-state index is 13.0. The maximum absolute atomic E-state index is 13.0. The van der Waals surface area contributed by atoms with Crippen LogP contribution in [0.4, 0.5) is 5.69 Å². The molecule has 0 bridgehead atoms. The predicted molar refractivity (Wildman–Crippen MR) is 129 cm³/mol. The number of benzene rings is 1. The van der Waals surface area contributed by atoms with Gasteiger partial charge in [-0.1, -0.05) is 0 Å². The summed E-state index contributed by atoms with van der Waals surface area (Å²) in [6, 6.07) is 9.34. The molecule has 0 radical (unpaired) electrons. The smallest absolute Gasteiger partial charge is 0.252 e. The van der Waals surface area contributed by atoms with Gasteiger partial charge in [0.15, 0.2) is 0 Å². The Kier molecular flexibility index (Phi) is 6.59. The summed E-state index contributed by atoms with van der Waals surface area (Å²) >= 11 is 1.54. The van der Waals surface area contributed by atoms with Gasteiger partial charge in [0.05, 0.1) is 41.8 Å². The third-order valence-electron chi connectivity index (χ3n) is 6.74. The SMILES string of the molecule is N#CC1CSCN1C(=O)CNC(=O)c1ccnc2ccc(N3CCOC4(CCOCC4)C3)cc12. The molecule has 1 aromatic heterocycles. The highest BCUT2D eigenvalue weighted by atomic mass is 32.2. The van der Waals surface area contributed by atoms with Crippen LogP contribution in [0.25, 0.3) is 10.9 Å². The molecule has 4 heterocycles. The Bertz CT molecular complexity index is 1120. The Labute approximate surface area is 202 Å². The van der Waals surface area contributed by atoms with Crippen molar-refractivity contribution in [1.29, 1.82) is 5.26 Å². The number of thioether (sulfide) groups is 1. The number of nitrogens with zero attached hydrogens (tertiary/aromatic N) is 4. The molecule has 1 atom stereocenters. The van der Waals surface area contributed by atoms with Crippen molar-refractivity contribution in [2.24, 2.45) is 0 Å². The lowest BCUT2D eigenvalue weighted by Crippen LogP contribution is -2.54. The van der Waals surface area contributed by atoms with E-state index in [1.807, 2.05) is 18.2 Å². The lowest BCUT2D eigenvalue weighted by molar-refractivity contribution is -0.129. The van der Waals surface area contributed by atoms with Crippen molar-refractivity contribution >= 4 is 40.2 Å². The Morgan fingerprint density at radius 3 is 2.94 bits per heavy atom. The molecule has 1 spiro atoms. The second-order valence-electron chi connectivity index (χ2n) is 8.82. The molecule has 3 saturated heterocycles. The molecule has 9 nitrogen and oxygen atoms in total. The van der Waals surface area contributed by atoms with Gasteiger partial charge in [-0.25, -0.2) is 0 Å². The number of nitriles is 1. The summed E-state index contributed by atoms with van der Waals surface area (Å²) < 4.78 is 11.7. The fourth-order valence-corrected chi connectivity index (χ4v) is 5.89. The monoisotopic (exact) mass is 481 g/mol. The summed E-state index contributed by atoms with van der Waals surface area (Å²) in [5, 5.41) is 12.7. The first-order chi connectivity index (χ1) is 16.6. The van der Waals surface area contributed by atoms with E-state index in [4.69, 9.17) is 9.47 Å². The molecule has 1 N–H and O–H groups in total. The molecule has 0 saturated carbocycles. The summed E-state index contributed by atoms with van der Waals surface area (Å²) in [5.41, 5.74) is 2.03. The standard InChI is InChI=1S/C24H27N5O4S/c25-12-18-14-34-16-29(18)22(30)13-27-23(31)19-3-6-26-21-2-1-17(11-20(19)21)28-7-10-33-24(15-28)4-8-32-9-5-24/h1-3,6,11,18H,4-5,7-10,13-16H2,(H,27,31). The minimum absolute atomic E-state index is 0.144. The normalized spacial score (nSPS) is 22.0. The van der Waals surface area contributed by atoms with Crippen molar-refractivity contribution in [3.05, 3.63) is 36.0 Å². The molecule has 1 aromatic carbocycles. The summed E-state index contributed by atoms with van der Waals surface area (Å²) in [7, 11) is 0. The molecule has 178 valence electrons. The highest BCUT2D eigenvalue weighted by Gasteiger charge is 2.38. The van der Waals surface area contributed by atoms with Gasteiger partial charge in [-0.2, -0.15) is 5.26 Å². The zero-order valence-corrected chi connectivity index (χ0v) is 19.7. The number of hydrogen-bond donors (Lipinski definition) is 1. The van der Waals surface area contributed by atoms with Gasteiger partial charge in [0.2, 0.25) is 5.91 Å². The van der Waals surface area contributed by atoms with Gasteiger partial charge in [0.25, 0.3) is 5.91 Å². The Hall–Kier alpha value is -2.87. The quantitative estimate of drug-likeness (QED) is 0.704. The third kappa shape index (κ3) is 4.56. The predicted octanol–water partition coefficient (Wildman–Crippen LogP) is 1.78. The van der Waals surface area contributed by atoms with Crippen LogP contribution in [0.2, 0.25) is 0 Å². The van der Waals surface area contributed by atoms with E-state index in [9.17, 15) is 14.9 Å². The van der Waals surface area contributed by atoms with Gasteiger partial charge >= 0.3 is 0 Å². The van der Waals surface area contributed by atoms with Crippen molar-refractivity contribution in [3.63, 3.8) is 0 Å². The Morgan fingerprint density at radius 2 is 2.12 bits per heavy atom. The van der Waals surface area contributed by atoms with Crippen LogP contribution in [0.15, 0.2) is 30.5 Å². The Balaban J connectivity index is 1.33. The molecule has 3 fully saturated rings. The molecule has 1 unspecified atom stereocenters. The van der Waals surface area contributed by atoms with E-state index in [0.29, 0.717) is 37.0 Å². The van der Waals surface area contributed by atoms with Crippen LogP contribution in [-0.4, -0.2) is 84.4 Å². The molecular formula is C24H27N5O4S. The molecule has 5 rings (SSSR count). The summed E-state index contributed by atoms with van der Waals surface area (Å²) in [5.74, 6) is 0.492. The number of hydrogen-bond acceptors (Lipinski definition) is 8. The van der Waals surface area contributed by atoms with E-state index in [2.05, 4.69) is 21.3 Å². The number of morpholine rings is 1. The van der Waals surface area contributed by atoms with Crippen molar-refractivity contribution in [2.45, 2.75) is 24.5 Å². The lowest BCUT2D eigenvalue weighted by Gasteiger charge is -2.45. The van der Waals surface area contributed by atoms with Crippen LogP contribution in [0.5, 0.6) is 0 Å². The van der Waals surface area contributed by atoms with E-state index >= 15 is 0 Å². The lowest BCUT2D eigenvalue weighted by atomic mass is 9.92. The molecular weight excluding hydrogens is 454 g/mol. The molecule has 3 aliphatic heterocycles. The van der Waals surface area contributed by atoms with Crippen LogP contribution in [0.3, 0.4) is 0 Å². The number of pyridine rings is 1. The number of amides is 2. The van der Waals surface area contributed by atoms with Gasteiger partial charge in [0.1, 0.15) is 6.04 Å². The van der Waals surface area contributed by atoms with E-state index in [1.165, 1.54) is 16.7 Å². The van der Waals surface area contributed by atoms with Crippen molar-refractivity contribution < 1.29 is 19.1 Å². The number of rotatable bonds is 4. The Morgan fingerprint density at radius 1 is 1.26 bits per heavy atom. The minimum atomic E-state index is -0.439. The van der Waals surface area contributed by atoms with E-state index in [1.54, 1.807) is 12.3 Å². The van der Waals surface area contributed by atoms with Crippen molar-refractivity contribution in [3.8, 4) is 6.07 Å². The fraction of sp³-hybridized carbons (Fsp3) is 0.500. The number of aromatic nitrogens is 1. The minimum Gasteiger partial charge on any atom is -0.381 e. The molecule has 2 amide bonds. The third-order valence-corrected chi connectivity index (χ3v) is 7.75. The van der Waals surface area contributed by atoms with Crippen LogP contribution in [-0.2, 0) is 14.3 Å². The summed E-state index contributed by atoms with van der Waals surface area (Å²) in [4.78, 5) is 33.8. The molecule has 0 aliphatic carbocycles. The highest BCUT2D eigenvalue weighted by molar-refractivity contribution is 7.99. The van der Waals surface area contributed by atoms with Crippen LogP contribution >= 0.6 is 11.8 Å². The van der Waals surface area contributed by atoms with Gasteiger partial charge in [-0.3, -0.25) is 14.6 Å². The van der Waals surface area contributed by atoms with E-state index in [-0.39, 0.29) is 24.0 Å². The molecule has 2 aromatic rings. The number of nitrogens with one attached hydrogen (secondary N) is 1. The van der Waals surface area contributed by atoms with Gasteiger partial charge < -0.3 is 24.6 Å². The number of carbonyl (C=O) groups is 2. The highest BCUT2D eigenvalue weighted by Crippen LogP contribution is 2.33. The van der Waals surface area contributed by atoms with E-state index < -0.39 is 6.04 Å². The first kappa shape index (κ1) is 22.9. The summed E-state index contributed by atoms with van der Waals surface area (Å²) in [6.45, 7) is 3.49. The average Bonchev–Trinajstić information content (AvgIpc) is 3.36. The summed E-state index contributed by atoms with van der Waals surface area (Å²) in [6.07, 6.45) is 3.36. The first-order valence-corrected chi connectivity index (χ1v) is 12.6. The van der Waals surface area contributed by atoms with Crippen LogP contribution < -0.4 is 10.2 Å². The molecule has 10 heteroatoms. The van der Waals surface area contributed by atoms with E-state index in [0.717, 1.165) is 42.5 Å². The fourth-order valence-electron chi connectivity index (χ4n) is 4.79. The zero-order valence-electron chi connectivity index (χ0n) is 18.9. The second kappa shape index (κ2) is 9.78. The average molecular weight is 482 g/mol. The number of anilines is 1. The first-order valence-electron chi connectivity index (χ1n) is 11.5. The zero-order chi connectivity index (χ0) is 23.5. The molecule has 3 aliphatic rings. The van der Waals surface area contributed by atoms with Gasteiger partial charge in [-0.05, 0) is 24.3 Å². The largest absolute Gasteiger partial charge is 0.381 e. The topological polar surface area (TPSA) is 108 Å². The van der Waals surface area contributed by atoms with Crippen LogP contribution in [0.1, 0.15) is 23.2 Å². The van der Waals surface area contributed by atoms with Crippen LogP contribution in [0, 0.1) is 11.3 Å². The number of fused-ring (bicyclic) bond motifs is 1.